The number of aryl methyl sites for hydroxylation is 1. The van der Waals surface area contributed by atoms with Crippen molar-refractivity contribution in [3.63, 3.8) is 0 Å². The van der Waals surface area contributed by atoms with E-state index in [2.05, 4.69) is 9.97 Å². The molecular formula is C15H14N2O2S. The molecule has 0 unspecified atom stereocenters. The normalized spacial score (nSPS) is 10.8. The number of rotatable bonds is 5. The van der Waals surface area contributed by atoms with E-state index < -0.39 is 0 Å². The van der Waals surface area contributed by atoms with E-state index in [1.54, 1.807) is 23.0 Å². The van der Waals surface area contributed by atoms with Gasteiger partial charge in [0.2, 0.25) is 0 Å². The molecule has 0 atom stereocenters. The van der Waals surface area contributed by atoms with Crippen molar-refractivity contribution in [3.8, 4) is 0 Å². The lowest BCUT2D eigenvalue weighted by molar-refractivity contribution is -0.144. The molecule has 102 valence electrons. The van der Waals surface area contributed by atoms with Crippen LogP contribution in [0, 0.1) is 0 Å². The van der Waals surface area contributed by atoms with E-state index in [0.29, 0.717) is 19.4 Å². The van der Waals surface area contributed by atoms with Gasteiger partial charge in [-0.05, 0) is 35.6 Å². The van der Waals surface area contributed by atoms with E-state index in [4.69, 9.17) is 4.74 Å². The third-order valence-electron chi connectivity index (χ3n) is 3.08. The highest BCUT2D eigenvalue weighted by Crippen LogP contribution is 2.15. The maximum absolute atomic E-state index is 11.7. The number of carbonyl (C=O) groups excluding carboxylic acids is 1. The molecular weight excluding hydrogens is 272 g/mol. The summed E-state index contributed by atoms with van der Waals surface area (Å²) >= 11 is 1.56. The number of fused-ring (bicyclic) bond motifs is 1. The third-order valence-corrected chi connectivity index (χ3v) is 3.92. The van der Waals surface area contributed by atoms with Gasteiger partial charge >= 0.3 is 5.97 Å². The maximum Gasteiger partial charge on any atom is 0.306 e. The van der Waals surface area contributed by atoms with Crippen LogP contribution in [0.4, 0.5) is 0 Å². The minimum Gasteiger partial charge on any atom is -0.461 e. The van der Waals surface area contributed by atoms with Gasteiger partial charge in [-0.3, -0.25) is 9.78 Å². The predicted molar refractivity (Wildman–Crippen MR) is 78.5 cm³/mol. The van der Waals surface area contributed by atoms with Crippen LogP contribution in [-0.4, -0.2) is 15.9 Å². The molecule has 0 amide bonds. The number of benzene rings is 1. The molecule has 0 aliphatic heterocycles. The minimum absolute atomic E-state index is 0.174. The Hall–Kier alpha value is -2.14. The first kappa shape index (κ1) is 12.9. The van der Waals surface area contributed by atoms with Crippen LogP contribution in [0.25, 0.3) is 10.9 Å². The highest BCUT2D eigenvalue weighted by molar-refractivity contribution is 7.09. The van der Waals surface area contributed by atoms with Crippen molar-refractivity contribution in [1.82, 2.24) is 9.97 Å². The lowest BCUT2D eigenvalue weighted by Gasteiger charge is -2.04. The van der Waals surface area contributed by atoms with E-state index in [1.807, 2.05) is 30.5 Å². The van der Waals surface area contributed by atoms with Crippen LogP contribution in [0.3, 0.4) is 0 Å². The quantitative estimate of drug-likeness (QED) is 0.732. The summed E-state index contributed by atoms with van der Waals surface area (Å²) in [6.45, 7) is 0.322. The van der Waals surface area contributed by atoms with E-state index in [0.717, 1.165) is 21.3 Å². The SMILES string of the molecule is O=C(CCc1cncs1)OCc1ccc2[nH]ccc2c1. The summed E-state index contributed by atoms with van der Waals surface area (Å²) in [4.78, 5) is 19.9. The van der Waals surface area contributed by atoms with Gasteiger partial charge in [0.25, 0.3) is 0 Å². The molecule has 0 saturated carbocycles. The second-order valence-electron chi connectivity index (χ2n) is 4.53. The Morgan fingerprint density at radius 2 is 2.30 bits per heavy atom. The van der Waals surface area contributed by atoms with Gasteiger partial charge in [0.05, 0.1) is 11.9 Å². The molecule has 4 nitrogen and oxygen atoms in total. The van der Waals surface area contributed by atoms with E-state index in [1.165, 1.54) is 0 Å². The van der Waals surface area contributed by atoms with Crippen LogP contribution >= 0.6 is 11.3 Å². The summed E-state index contributed by atoms with van der Waals surface area (Å²) in [7, 11) is 0. The Morgan fingerprint density at radius 1 is 1.35 bits per heavy atom. The molecule has 3 rings (SSSR count). The Morgan fingerprint density at radius 3 is 3.15 bits per heavy atom. The monoisotopic (exact) mass is 286 g/mol. The zero-order valence-electron chi connectivity index (χ0n) is 10.8. The smallest absolute Gasteiger partial charge is 0.306 e. The van der Waals surface area contributed by atoms with Crippen molar-refractivity contribution in [1.29, 1.82) is 0 Å². The largest absolute Gasteiger partial charge is 0.461 e. The molecule has 0 bridgehead atoms. The van der Waals surface area contributed by atoms with Crippen LogP contribution in [0.2, 0.25) is 0 Å². The molecule has 0 aliphatic carbocycles. The second-order valence-corrected chi connectivity index (χ2v) is 5.50. The molecule has 20 heavy (non-hydrogen) atoms. The van der Waals surface area contributed by atoms with Crippen molar-refractivity contribution < 1.29 is 9.53 Å². The number of carbonyl (C=O) groups is 1. The number of nitrogens with zero attached hydrogens (tertiary/aromatic N) is 1. The Balaban J connectivity index is 1.51. The lowest BCUT2D eigenvalue weighted by atomic mass is 10.2. The van der Waals surface area contributed by atoms with Gasteiger partial charge in [0.15, 0.2) is 0 Å². The van der Waals surface area contributed by atoms with Crippen molar-refractivity contribution in [2.24, 2.45) is 0 Å². The zero-order valence-corrected chi connectivity index (χ0v) is 11.7. The summed E-state index contributed by atoms with van der Waals surface area (Å²) in [5, 5.41) is 1.13. The zero-order chi connectivity index (χ0) is 13.8. The average Bonchev–Trinajstić information content (AvgIpc) is 3.13. The summed E-state index contributed by atoms with van der Waals surface area (Å²) in [5.74, 6) is -0.174. The Kier molecular flexibility index (Phi) is 3.78. The van der Waals surface area contributed by atoms with E-state index in [-0.39, 0.29) is 5.97 Å². The fourth-order valence-electron chi connectivity index (χ4n) is 2.02. The van der Waals surface area contributed by atoms with Gasteiger partial charge in [-0.15, -0.1) is 11.3 Å². The molecule has 0 spiro atoms. The standard InChI is InChI=1S/C15H14N2O2S/c18-15(4-2-13-8-16-10-20-13)19-9-11-1-3-14-12(7-11)5-6-17-14/h1,3,5-8,10,17H,2,4,9H2. The van der Waals surface area contributed by atoms with Crippen molar-refractivity contribution >= 4 is 28.2 Å². The highest BCUT2D eigenvalue weighted by Gasteiger charge is 2.06. The molecule has 2 aromatic heterocycles. The maximum atomic E-state index is 11.7. The first-order valence-electron chi connectivity index (χ1n) is 6.40. The van der Waals surface area contributed by atoms with Crippen LogP contribution < -0.4 is 0 Å². The molecule has 1 N–H and O–H groups in total. The number of hydrogen-bond donors (Lipinski definition) is 1. The number of esters is 1. The summed E-state index contributed by atoms with van der Waals surface area (Å²) < 4.78 is 5.29. The van der Waals surface area contributed by atoms with Crippen LogP contribution in [-0.2, 0) is 22.6 Å². The molecule has 0 fully saturated rings. The number of hydrogen-bond acceptors (Lipinski definition) is 4. The first-order chi connectivity index (χ1) is 9.81. The molecule has 0 radical (unpaired) electrons. The number of ether oxygens (including phenoxy) is 1. The van der Waals surface area contributed by atoms with Crippen LogP contribution in [0.15, 0.2) is 42.2 Å². The van der Waals surface area contributed by atoms with E-state index >= 15 is 0 Å². The summed E-state index contributed by atoms with van der Waals surface area (Å²) in [5.41, 5.74) is 3.86. The topological polar surface area (TPSA) is 55.0 Å². The number of thiazole rings is 1. The van der Waals surface area contributed by atoms with Gasteiger partial charge in [0.1, 0.15) is 6.61 Å². The number of aromatic nitrogens is 2. The van der Waals surface area contributed by atoms with Gasteiger partial charge in [0, 0.05) is 22.8 Å². The predicted octanol–water partition coefficient (Wildman–Crippen LogP) is 3.30. The van der Waals surface area contributed by atoms with E-state index in [9.17, 15) is 4.79 Å². The molecule has 0 aliphatic rings. The number of nitrogens with one attached hydrogen (secondary N) is 1. The van der Waals surface area contributed by atoms with Crippen molar-refractivity contribution in [2.75, 3.05) is 0 Å². The lowest BCUT2D eigenvalue weighted by Crippen LogP contribution is -2.05. The van der Waals surface area contributed by atoms with Gasteiger partial charge < -0.3 is 9.72 Å². The molecule has 5 heteroatoms. The summed E-state index contributed by atoms with van der Waals surface area (Å²) in [6.07, 6.45) is 4.78. The average molecular weight is 286 g/mol. The first-order valence-corrected chi connectivity index (χ1v) is 7.28. The number of H-pyrrole nitrogens is 1. The van der Waals surface area contributed by atoms with Crippen molar-refractivity contribution in [3.05, 3.63) is 52.6 Å². The van der Waals surface area contributed by atoms with Crippen molar-refractivity contribution in [2.45, 2.75) is 19.4 Å². The molecule has 3 aromatic rings. The van der Waals surface area contributed by atoms with Gasteiger partial charge in [-0.25, -0.2) is 0 Å². The third kappa shape index (κ3) is 3.05. The Bertz CT molecular complexity index is 704. The molecule has 2 heterocycles. The second kappa shape index (κ2) is 5.88. The molecule has 0 saturated heterocycles. The number of aromatic amines is 1. The fourth-order valence-corrected chi connectivity index (χ4v) is 2.62. The van der Waals surface area contributed by atoms with Crippen LogP contribution in [0.1, 0.15) is 16.9 Å². The molecule has 1 aromatic carbocycles. The Labute approximate surface area is 120 Å². The summed E-state index contributed by atoms with van der Waals surface area (Å²) in [6, 6.07) is 8.00. The highest BCUT2D eigenvalue weighted by atomic mass is 32.1. The van der Waals surface area contributed by atoms with Gasteiger partial charge in [-0.2, -0.15) is 0 Å². The minimum atomic E-state index is -0.174. The van der Waals surface area contributed by atoms with Gasteiger partial charge in [-0.1, -0.05) is 6.07 Å². The fraction of sp³-hybridized carbons (Fsp3) is 0.200. The van der Waals surface area contributed by atoms with Crippen LogP contribution in [0.5, 0.6) is 0 Å².